The van der Waals surface area contributed by atoms with Gasteiger partial charge in [0.15, 0.2) is 5.82 Å². The van der Waals surface area contributed by atoms with Gasteiger partial charge in [-0.1, -0.05) is 30.3 Å². The Kier molecular flexibility index (Phi) is 5.01. The third kappa shape index (κ3) is 4.10. The Labute approximate surface area is 175 Å². The SMILES string of the molecule is O=C1NC1CCNc1cc(N2CCc3ccccc3CC2)nc(-c2ccccn2)n1. The summed E-state index contributed by atoms with van der Waals surface area (Å²) in [5.74, 6) is 2.40. The lowest BCUT2D eigenvalue weighted by atomic mass is 10.0. The Morgan fingerprint density at radius 2 is 1.77 bits per heavy atom. The number of nitrogens with one attached hydrogen (secondary N) is 2. The number of amides is 1. The Bertz CT molecular complexity index is 1030. The van der Waals surface area contributed by atoms with Crippen LogP contribution in [0.25, 0.3) is 11.5 Å². The van der Waals surface area contributed by atoms with Gasteiger partial charge in [0.2, 0.25) is 5.91 Å². The molecule has 1 unspecified atom stereocenters. The number of rotatable bonds is 6. The van der Waals surface area contributed by atoms with Crippen LogP contribution in [0.15, 0.2) is 54.7 Å². The van der Waals surface area contributed by atoms with Gasteiger partial charge in [0.1, 0.15) is 23.4 Å². The lowest BCUT2D eigenvalue weighted by Crippen LogP contribution is -2.27. The molecule has 5 rings (SSSR count). The van der Waals surface area contributed by atoms with E-state index in [1.54, 1.807) is 6.20 Å². The van der Waals surface area contributed by atoms with Gasteiger partial charge in [-0.2, -0.15) is 0 Å². The summed E-state index contributed by atoms with van der Waals surface area (Å²) in [6.07, 6.45) is 4.50. The molecule has 0 radical (unpaired) electrons. The summed E-state index contributed by atoms with van der Waals surface area (Å²) in [6.45, 7) is 2.50. The van der Waals surface area contributed by atoms with Crippen LogP contribution in [0.5, 0.6) is 0 Å². The normalized spacial score (nSPS) is 17.7. The van der Waals surface area contributed by atoms with Crippen molar-refractivity contribution in [3.8, 4) is 11.5 Å². The molecule has 4 heterocycles. The topological polar surface area (TPSA) is 93.0 Å². The highest BCUT2D eigenvalue weighted by Crippen LogP contribution is 2.24. The molecular weight excluding hydrogens is 376 g/mol. The maximum atomic E-state index is 11.2. The molecule has 0 saturated carbocycles. The predicted octanol–water partition coefficient (Wildman–Crippen LogP) is 2.44. The van der Waals surface area contributed by atoms with Gasteiger partial charge in [-0.3, -0.25) is 9.78 Å². The Morgan fingerprint density at radius 1 is 1.03 bits per heavy atom. The van der Waals surface area contributed by atoms with Gasteiger partial charge in [0.25, 0.3) is 0 Å². The molecule has 30 heavy (non-hydrogen) atoms. The van der Waals surface area contributed by atoms with Crippen LogP contribution in [0.4, 0.5) is 11.6 Å². The number of aromatic nitrogens is 3. The number of anilines is 2. The third-order valence-electron chi connectivity index (χ3n) is 5.64. The molecule has 0 bridgehead atoms. The number of nitrogens with zero attached hydrogens (tertiary/aromatic N) is 4. The number of carbonyl (C=O) groups is 1. The monoisotopic (exact) mass is 400 g/mol. The number of benzene rings is 1. The Balaban J connectivity index is 1.40. The molecule has 1 saturated heterocycles. The van der Waals surface area contributed by atoms with Crippen LogP contribution in [-0.2, 0) is 17.6 Å². The summed E-state index contributed by atoms with van der Waals surface area (Å²) >= 11 is 0. The van der Waals surface area contributed by atoms with Crippen LogP contribution in [0.2, 0.25) is 0 Å². The molecule has 7 nitrogen and oxygen atoms in total. The second-order valence-electron chi connectivity index (χ2n) is 7.68. The fourth-order valence-electron chi connectivity index (χ4n) is 3.87. The lowest BCUT2D eigenvalue weighted by Gasteiger charge is -2.22. The van der Waals surface area contributed by atoms with Crippen molar-refractivity contribution in [1.82, 2.24) is 20.3 Å². The fourth-order valence-corrected chi connectivity index (χ4v) is 3.87. The highest BCUT2D eigenvalue weighted by Gasteiger charge is 2.32. The van der Waals surface area contributed by atoms with Crippen molar-refractivity contribution in [2.24, 2.45) is 0 Å². The molecule has 1 atom stereocenters. The molecule has 0 aliphatic carbocycles. The van der Waals surface area contributed by atoms with E-state index in [4.69, 9.17) is 4.98 Å². The van der Waals surface area contributed by atoms with Gasteiger partial charge in [0, 0.05) is 31.9 Å². The largest absolute Gasteiger partial charge is 0.370 e. The molecule has 0 spiro atoms. The van der Waals surface area contributed by atoms with Crippen LogP contribution < -0.4 is 15.5 Å². The molecule has 2 aromatic heterocycles. The number of fused-ring (bicyclic) bond motifs is 1. The zero-order chi connectivity index (χ0) is 20.3. The van der Waals surface area contributed by atoms with Gasteiger partial charge in [0.05, 0.1) is 0 Å². The van der Waals surface area contributed by atoms with E-state index < -0.39 is 0 Å². The van der Waals surface area contributed by atoms with Gasteiger partial charge < -0.3 is 15.5 Å². The standard InChI is InChI=1S/C23H24N6O/c30-23-19(26-23)8-12-25-20-15-21(28-22(27-20)18-7-3-4-11-24-18)29-13-9-16-5-1-2-6-17(16)10-14-29/h1-7,11,15,19H,8-10,12-14H2,(H,26,30)(H,25,27,28). The van der Waals surface area contributed by atoms with E-state index in [0.717, 1.165) is 49.7 Å². The predicted molar refractivity (Wildman–Crippen MR) is 116 cm³/mol. The van der Waals surface area contributed by atoms with Crippen LogP contribution in [0.1, 0.15) is 17.5 Å². The fraction of sp³-hybridized carbons (Fsp3) is 0.304. The molecule has 2 N–H and O–H groups in total. The van der Waals surface area contributed by atoms with Crippen molar-refractivity contribution >= 4 is 17.5 Å². The lowest BCUT2D eigenvalue weighted by molar-refractivity contribution is -0.111. The molecule has 1 amide bonds. The van der Waals surface area contributed by atoms with Crippen molar-refractivity contribution in [3.05, 3.63) is 65.9 Å². The summed E-state index contributed by atoms with van der Waals surface area (Å²) < 4.78 is 0. The second kappa shape index (κ2) is 8.10. The number of hydrogen-bond donors (Lipinski definition) is 2. The summed E-state index contributed by atoms with van der Waals surface area (Å²) in [5.41, 5.74) is 3.58. The minimum Gasteiger partial charge on any atom is -0.370 e. The Hall–Kier alpha value is -3.48. The minimum absolute atomic E-state index is 0.0156. The molecule has 2 aliphatic heterocycles. The van der Waals surface area contributed by atoms with Crippen LogP contribution in [-0.4, -0.2) is 46.5 Å². The van der Waals surface area contributed by atoms with Crippen molar-refractivity contribution in [3.63, 3.8) is 0 Å². The highest BCUT2D eigenvalue weighted by molar-refractivity contribution is 5.96. The first-order valence-corrected chi connectivity index (χ1v) is 10.4. The first-order valence-electron chi connectivity index (χ1n) is 10.4. The average Bonchev–Trinajstić information content (AvgIpc) is 3.54. The number of pyridine rings is 1. The first-order chi connectivity index (χ1) is 14.8. The Morgan fingerprint density at radius 3 is 2.43 bits per heavy atom. The first kappa shape index (κ1) is 18.5. The summed E-state index contributed by atoms with van der Waals surface area (Å²) in [4.78, 5) is 27.5. The third-order valence-corrected chi connectivity index (χ3v) is 5.64. The van der Waals surface area contributed by atoms with Gasteiger partial charge in [-0.05, 0) is 42.5 Å². The quantitative estimate of drug-likeness (QED) is 0.618. The maximum absolute atomic E-state index is 11.2. The molecule has 152 valence electrons. The van der Waals surface area contributed by atoms with Crippen LogP contribution >= 0.6 is 0 Å². The van der Waals surface area contributed by atoms with E-state index in [0.29, 0.717) is 12.4 Å². The van der Waals surface area contributed by atoms with E-state index in [1.807, 2.05) is 24.3 Å². The molecule has 2 aliphatic rings. The highest BCUT2D eigenvalue weighted by atomic mass is 16.2. The van der Waals surface area contributed by atoms with Gasteiger partial charge in [-0.15, -0.1) is 0 Å². The summed E-state index contributed by atoms with van der Waals surface area (Å²) in [6, 6.07) is 16.4. The van der Waals surface area contributed by atoms with Gasteiger partial charge >= 0.3 is 0 Å². The number of hydrogen-bond acceptors (Lipinski definition) is 6. The van der Waals surface area contributed by atoms with Crippen molar-refractivity contribution < 1.29 is 4.79 Å². The zero-order valence-electron chi connectivity index (χ0n) is 16.7. The molecule has 3 aromatic rings. The van der Waals surface area contributed by atoms with E-state index in [2.05, 4.69) is 49.8 Å². The van der Waals surface area contributed by atoms with Gasteiger partial charge in [-0.25, -0.2) is 9.97 Å². The smallest absolute Gasteiger partial charge is 0.243 e. The van der Waals surface area contributed by atoms with E-state index in [9.17, 15) is 4.79 Å². The minimum atomic E-state index is -0.0156. The molecule has 7 heteroatoms. The van der Waals surface area contributed by atoms with Crippen LogP contribution in [0.3, 0.4) is 0 Å². The average molecular weight is 400 g/mol. The van der Waals surface area contributed by atoms with Crippen molar-refractivity contribution in [2.75, 3.05) is 29.9 Å². The van der Waals surface area contributed by atoms with Crippen LogP contribution in [0, 0.1) is 0 Å². The van der Waals surface area contributed by atoms with E-state index in [-0.39, 0.29) is 11.9 Å². The second-order valence-corrected chi connectivity index (χ2v) is 7.68. The van der Waals surface area contributed by atoms with Crippen molar-refractivity contribution in [2.45, 2.75) is 25.3 Å². The molecule has 1 fully saturated rings. The number of carbonyl (C=O) groups excluding carboxylic acids is 1. The van der Waals surface area contributed by atoms with E-state index in [1.165, 1.54) is 11.1 Å². The molecular formula is C23H24N6O. The summed E-state index contributed by atoms with van der Waals surface area (Å²) in [7, 11) is 0. The van der Waals surface area contributed by atoms with Crippen molar-refractivity contribution in [1.29, 1.82) is 0 Å². The summed E-state index contributed by atoms with van der Waals surface area (Å²) in [5, 5.41) is 6.17. The van der Waals surface area contributed by atoms with E-state index >= 15 is 0 Å². The molecule has 1 aromatic carbocycles. The maximum Gasteiger partial charge on any atom is 0.243 e. The zero-order valence-corrected chi connectivity index (χ0v) is 16.7.